The van der Waals surface area contributed by atoms with Gasteiger partial charge in [-0.25, -0.2) is 0 Å². The van der Waals surface area contributed by atoms with Crippen molar-refractivity contribution in [3.8, 4) is 0 Å². The zero-order chi connectivity index (χ0) is 8.85. The van der Waals surface area contributed by atoms with Crippen molar-refractivity contribution in [3.05, 3.63) is 0 Å². The predicted molar refractivity (Wildman–Crippen MR) is 45.2 cm³/mol. The zero-order valence-corrected chi connectivity index (χ0v) is 7.42. The number of hydrogen-bond donors (Lipinski definition) is 2. The van der Waals surface area contributed by atoms with Gasteiger partial charge in [-0.05, 0) is 14.0 Å². The Labute approximate surface area is 67.7 Å². The molecule has 0 saturated carbocycles. The maximum atomic E-state index is 11.1. The smallest absolute Gasteiger partial charge is 0.238 e. The summed E-state index contributed by atoms with van der Waals surface area (Å²) >= 11 is 0. The van der Waals surface area contributed by atoms with E-state index in [9.17, 15) is 4.79 Å². The summed E-state index contributed by atoms with van der Waals surface area (Å²) < 4.78 is 0. The van der Waals surface area contributed by atoms with Gasteiger partial charge in [-0.3, -0.25) is 4.79 Å². The second kappa shape index (κ2) is 5.09. The molecule has 0 aromatic heterocycles. The number of rotatable bonds is 4. The van der Waals surface area contributed by atoms with Gasteiger partial charge >= 0.3 is 0 Å². The van der Waals surface area contributed by atoms with E-state index < -0.39 is 6.04 Å². The van der Waals surface area contributed by atoms with Crippen LogP contribution in [0.4, 0.5) is 0 Å². The van der Waals surface area contributed by atoms with Crippen LogP contribution in [0, 0.1) is 0 Å². The molecule has 0 aromatic carbocycles. The lowest BCUT2D eigenvalue weighted by atomic mass is 10.3. The van der Waals surface area contributed by atoms with Crippen LogP contribution in [0.15, 0.2) is 0 Å². The number of nitrogens with two attached hydrogens (primary N) is 1. The van der Waals surface area contributed by atoms with Crippen LogP contribution in [-0.2, 0) is 4.79 Å². The van der Waals surface area contributed by atoms with Gasteiger partial charge in [-0.2, -0.15) is 0 Å². The van der Waals surface area contributed by atoms with Crippen LogP contribution in [0.5, 0.6) is 0 Å². The maximum Gasteiger partial charge on any atom is 0.238 e. The molecule has 0 aliphatic rings. The average Bonchev–Trinajstić information content (AvgIpc) is 1.98. The monoisotopic (exact) mass is 159 g/mol. The molecule has 0 spiro atoms. The van der Waals surface area contributed by atoms with Gasteiger partial charge in [-0.1, -0.05) is 0 Å². The van der Waals surface area contributed by atoms with Gasteiger partial charge < -0.3 is 16.0 Å². The minimum Gasteiger partial charge on any atom is -0.343 e. The SMILES string of the molecule is CNCCN(C)C(=O)[C@H](C)N. The van der Waals surface area contributed by atoms with Gasteiger partial charge in [0.2, 0.25) is 5.91 Å². The fourth-order valence-corrected chi connectivity index (χ4v) is 0.737. The number of carbonyl (C=O) groups is 1. The average molecular weight is 159 g/mol. The van der Waals surface area contributed by atoms with Gasteiger partial charge in [-0.15, -0.1) is 0 Å². The van der Waals surface area contributed by atoms with Crippen molar-refractivity contribution >= 4 is 5.91 Å². The van der Waals surface area contributed by atoms with Gasteiger partial charge in [0.05, 0.1) is 6.04 Å². The summed E-state index contributed by atoms with van der Waals surface area (Å²) in [5, 5.41) is 2.96. The Hall–Kier alpha value is -0.610. The van der Waals surface area contributed by atoms with E-state index in [1.54, 1.807) is 18.9 Å². The molecule has 0 unspecified atom stereocenters. The molecule has 66 valence electrons. The highest BCUT2D eigenvalue weighted by Crippen LogP contribution is 1.86. The molecule has 0 saturated heterocycles. The van der Waals surface area contributed by atoms with Crippen LogP contribution in [-0.4, -0.2) is 44.0 Å². The first-order valence-corrected chi connectivity index (χ1v) is 3.74. The molecule has 1 amide bonds. The van der Waals surface area contributed by atoms with E-state index in [1.807, 2.05) is 7.05 Å². The second-order valence-corrected chi connectivity index (χ2v) is 2.65. The lowest BCUT2D eigenvalue weighted by Gasteiger charge is -2.18. The molecule has 4 heteroatoms. The molecule has 0 bridgehead atoms. The molecule has 11 heavy (non-hydrogen) atoms. The maximum absolute atomic E-state index is 11.1. The largest absolute Gasteiger partial charge is 0.343 e. The van der Waals surface area contributed by atoms with E-state index in [0.717, 1.165) is 6.54 Å². The fraction of sp³-hybridized carbons (Fsp3) is 0.857. The molecular formula is C7H17N3O. The highest BCUT2D eigenvalue weighted by Gasteiger charge is 2.11. The topological polar surface area (TPSA) is 58.4 Å². The highest BCUT2D eigenvalue weighted by molar-refractivity contribution is 5.80. The lowest BCUT2D eigenvalue weighted by molar-refractivity contribution is -0.130. The molecule has 4 nitrogen and oxygen atoms in total. The lowest BCUT2D eigenvalue weighted by Crippen LogP contribution is -2.42. The third kappa shape index (κ3) is 3.95. The molecular weight excluding hydrogens is 142 g/mol. The molecule has 0 aromatic rings. The van der Waals surface area contributed by atoms with Gasteiger partial charge in [0.15, 0.2) is 0 Å². The minimum absolute atomic E-state index is 0.0137. The van der Waals surface area contributed by atoms with Crippen molar-refractivity contribution in [1.82, 2.24) is 10.2 Å². The van der Waals surface area contributed by atoms with Crippen LogP contribution in [0.3, 0.4) is 0 Å². The van der Waals surface area contributed by atoms with E-state index in [2.05, 4.69) is 5.32 Å². The molecule has 0 aliphatic carbocycles. The predicted octanol–water partition coefficient (Wildman–Crippen LogP) is -0.989. The van der Waals surface area contributed by atoms with Gasteiger partial charge in [0.1, 0.15) is 0 Å². The molecule has 0 rings (SSSR count). The van der Waals surface area contributed by atoms with E-state index in [1.165, 1.54) is 0 Å². The van der Waals surface area contributed by atoms with Crippen molar-refractivity contribution in [2.75, 3.05) is 27.2 Å². The summed E-state index contributed by atoms with van der Waals surface area (Å²) in [6.07, 6.45) is 0. The normalized spacial score (nSPS) is 12.7. The first-order valence-electron chi connectivity index (χ1n) is 3.74. The van der Waals surface area contributed by atoms with E-state index in [4.69, 9.17) is 5.73 Å². The van der Waals surface area contributed by atoms with E-state index >= 15 is 0 Å². The third-order valence-corrected chi connectivity index (χ3v) is 1.46. The number of hydrogen-bond acceptors (Lipinski definition) is 3. The summed E-state index contributed by atoms with van der Waals surface area (Å²) in [5.41, 5.74) is 5.40. The van der Waals surface area contributed by atoms with E-state index in [-0.39, 0.29) is 5.91 Å². The van der Waals surface area contributed by atoms with Crippen LogP contribution in [0.25, 0.3) is 0 Å². The Bertz CT molecular complexity index is 125. The van der Waals surface area contributed by atoms with Crippen molar-refractivity contribution in [2.24, 2.45) is 5.73 Å². The highest BCUT2D eigenvalue weighted by atomic mass is 16.2. The summed E-state index contributed by atoms with van der Waals surface area (Å²) in [4.78, 5) is 12.7. The molecule has 3 N–H and O–H groups in total. The Balaban J connectivity index is 3.64. The summed E-state index contributed by atoms with van der Waals surface area (Å²) in [5.74, 6) is -0.0137. The van der Waals surface area contributed by atoms with Crippen molar-refractivity contribution in [2.45, 2.75) is 13.0 Å². The van der Waals surface area contributed by atoms with Crippen LogP contribution >= 0.6 is 0 Å². The Kier molecular flexibility index (Phi) is 4.81. The Morgan fingerprint density at radius 2 is 2.27 bits per heavy atom. The fourth-order valence-electron chi connectivity index (χ4n) is 0.737. The summed E-state index contributed by atoms with van der Waals surface area (Å²) in [6, 6.07) is -0.392. The Morgan fingerprint density at radius 3 is 2.64 bits per heavy atom. The minimum atomic E-state index is -0.392. The number of nitrogens with zero attached hydrogens (tertiary/aromatic N) is 1. The quantitative estimate of drug-likeness (QED) is 0.554. The standard InChI is InChI=1S/C7H17N3O/c1-6(8)7(11)10(3)5-4-9-2/h6,9H,4-5,8H2,1-3H3/t6-/m0/s1. The first-order chi connectivity index (χ1) is 5.09. The zero-order valence-electron chi connectivity index (χ0n) is 7.42. The molecule has 0 radical (unpaired) electrons. The molecule has 1 atom stereocenters. The van der Waals surface area contributed by atoms with Crippen molar-refractivity contribution < 1.29 is 4.79 Å². The first kappa shape index (κ1) is 10.4. The number of carbonyl (C=O) groups excluding carboxylic acids is 1. The number of likely N-dealkylation sites (N-methyl/N-ethyl adjacent to an activating group) is 2. The van der Waals surface area contributed by atoms with Crippen molar-refractivity contribution in [3.63, 3.8) is 0 Å². The summed E-state index contributed by atoms with van der Waals surface area (Å²) in [6.45, 7) is 3.20. The number of amides is 1. The molecule has 0 aliphatic heterocycles. The van der Waals surface area contributed by atoms with Crippen LogP contribution < -0.4 is 11.1 Å². The second-order valence-electron chi connectivity index (χ2n) is 2.65. The van der Waals surface area contributed by atoms with Crippen LogP contribution in [0.1, 0.15) is 6.92 Å². The van der Waals surface area contributed by atoms with Gasteiger partial charge in [0, 0.05) is 20.1 Å². The number of nitrogens with one attached hydrogen (secondary N) is 1. The Morgan fingerprint density at radius 1 is 1.73 bits per heavy atom. The molecule has 0 fully saturated rings. The molecule has 0 heterocycles. The van der Waals surface area contributed by atoms with Crippen LogP contribution in [0.2, 0.25) is 0 Å². The van der Waals surface area contributed by atoms with E-state index in [0.29, 0.717) is 6.54 Å². The van der Waals surface area contributed by atoms with Crippen molar-refractivity contribution in [1.29, 1.82) is 0 Å². The van der Waals surface area contributed by atoms with Gasteiger partial charge in [0.25, 0.3) is 0 Å². The third-order valence-electron chi connectivity index (χ3n) is 1.46. The summed E-state index contributed by atoms with van der Waals surface area (Å²) in [7, 11) is 3.60.